The van der Waals surface area contributed by atoms with Crippen LogP contribution in [0.5, 0.6) is 0 Å². The molecule has 1 aliphatic rings. The maximum atomic E-state index is 15.3. The van der Waals surface area contributed by atoms with Crippen molar-refractivity contribution in [1.82, 2.24) is 9.88 Å². The van der Waals surface area contributed by atoms with Crippen LogP contribution in [0.2, 0.25) is 0 Å². The number of pyridine rings is 1. The number of carbonyl (C=O) groups excluding carboxylic acids is 2. The smallest absolute Gasteiger partial charge is 0.411 e. The third-order valence-electron chi connectivity index (χ3n) is 7.49. The second-order valence-corrected chi connectivity index (χ2v) is 11.2. The Morgan fingerprint density at radius 3 is 2.58 bits per heavy atom. The molecule has 5 rings (SSSR count). The minimum atomic E-state index is -3.05. The van der Waals surface area contributed by atoms with E-state index in [0.717, 1.165) is 11.5 Å². The van der Waals surface area contributed by atoms with Gasteiger partial charge in [-0.2, -0.15) is 0 Å². The summed E-state index contributed by atoms with van der Waals surface area (Å²) in [6.07, 6.45) is 1.76. The zero-order valence-electron chi connectivity index (χ0n) is 23.3. The quantitative estimate of drug-likeness (QED) is 0.213. The van der Waals surface area contributed by atoms with Crippen molar-refractivity contribution >= 4 is 50.7 Å². The summed E-state index contributed by atoms with van der Waals surface area (Å²) in [5, 5.41) is 7.06. The average molecular weight is 610 g/mol. The third-order valence-corrected chi connectivity index (χ3v) is 8.29. The van der Waals surface area contributed by atoms with Crippen LogP contribution in [-0.2, 0) is 20.2 Å². The van der Waals surface area contributed by atoms with Gasteiger partial charge in [0.1, 0.15) is 23.5 Å². The van der Waals surface area contributed by atoms with Crippen LogP contribution in [0.1, 0.15) is 41.6 Å². The van der Waals surface area contributed by atoms with Gasteiger partial charge in [-0.3, -0.25) is 10.1 Å². The first-order valence-electron chi connectivity index (χ1n) is 13.4. The van der Waals surface area contributed by atoms with Crippen LogP contribution in [-0.4, -0.2) is 44.0 Å². The summed E-state index contributed by atoms with van der Waals surface area (Å²) >= 11 is 0. The summed E-state index contributed by atoms with van der Waals surface area (Å²) in [6.45, 7) is 1.73. The fraction of sp³-hybridized carbons (Fsp3) is 0.233. The second kappa shape index (κ2) is 12.2. The molecule has 2 amide bonds. The number of nitrogen functional groups attached to an aromatic ring is 1. The van der Waals surface area contributed by atoms with E-state index < -0.39 is 46.4 Å². The van der Waals surface area contributed by atoms with Crippen LogP contribution in [0.3, 0.4) is 0 Å². The van der Waals surface area contributed by atoms with Gasteiger partial charge in [0.2, 0.25) is 5.91 Å². The zero-order valence-corrected chi connectivity index (χ0v) is 24.2. The topological polar surface area (TPSA) is 144 Å². The van der Waals surface area contributed by atoms with Gasteiger partial charge in [0, 0.05) is 41.1 Å². The molecule has 0 bridgehead atoms. The number of methoxy groups -OCH3 is 1. The van der Waals surface area contributed by atoms with Gasteiger partial charge in [-0.05, 0) is 84.8 Å². The number of ether oxygens (including phenoxy) is 1. The highest BCUT2D eigenvalue weighted by molar-refractivity contribution is 7.72. The fourth-order valence-corrected chi connectivity index (χ4v) is 6.01. The molecule has 3 aromatic carbocycles. The lowest BCUT2D eigenvalue weighted by molar-refractivity contribution is -0.133. The Kier molecular flexibility index (Phi) is 8.44. The van der Waals surface area contributed by atoms with E-state index in [4.69, 9.17) is 5.73 Å². The first-order chi connectivity index (χ1) is 20.6. The predicted molar refractivity (Wildman–Crippen MR) is 158 cm³/mol. The standard InChI is InChI=1S/C30H29F2N5O5S/c1-16-12-21(24(32)15-23(16)31)27(35-18-5-7-20-17(13-18)9-10-34-28(20)33)29(38)37-11-3-4-25(37)22-14-19(36-30(39)42-2)6-8-26(22)43(40)41/h5-10,12-15,25,27,35,43H,3-4,11H2,1-2H3,(H2,33,34)(H,36,39)/t25-,27-/m1/s1. The van der Waals surface area contributed by atoms with E-state index in [0.29, 0.717) is 35.3 Å². The Balaban J connectivity index is 1.57. The minimum Gasteiger partial charge on any atom is -0.453 e. The summed E-state index contributed by atoms with van der Waals surface area (Å²) in [4.78, 5) is 31.7. The number of nitrogens with one attached hydrogen (secondary N) is 2. The summed E-state index contributed by atoms with van der Waals surface area (Å²) in [5.74, 6) is -1.88. The molecule has 0 aliphatic carbocycles. The number of halogens is 2. The Morgan fingerprint density at radius 2 is 1.84 bits per heavy atom. The van der Waals surface area contributed by atoms with Crippen molar-refractivity contribution in [3.8, 4) is 0 Å². The number of carbonyl (C=O) groups is 2. The number of hydrogen-bond donors (Lipinski definition) is 4. The van der Waals surface area contributed by atoms with Gasteiger partial charge in [-0.25, -0.2) is 27.0 Å². The highest BCUT2D eigenvalue weighted by atomic mass is 32.2. The van der Waals surface area contributed by atoms with E-state index >= 15 is 4.39 Å². The number of benzene rings is 3. The van der Waals surface area contributed by atoms with Gasteiger partial charge in [0.15, 0.2) is 10.7 Å². The summed E-state index contributed by atoms with van der Waals surface area (Å²) < 4.78 is 58.6. The van der Waals surface area contributed by atoms with Crippen LogP contribution in [0.15, 0.2) is 65.7 Å². The SMILES string of the molecule is COC(=O)Nc1ccc([SH](=O)=O)c([C@H]2CCCN2C(=O)[C@H](Nc2ccc3c(N)nccc3c2)c2cc(C)c(F)cc2F)c1. The maximum Gasteiger partial charge on any atom is 0.411 e. The second-order valence-electron chi connectivity index (χ2n) is 10.2. The van der Waals surface area contributed by atoms with Crippen molar-refractivity contribution in [2.45, 2.75) is 36.7 Å². The van der Waals surface area contributed by atoms with Gasteiger partial charge >= 0.3 is 6.09 Å². The third kappa shape index (κ3) is 6.07. The number of anilines is 3. The van der Waals surface area contributed by atoms with Crippen molar-refractivity contribution in [2.24, 2.45) is 0 Å². The van der Waals surface area contributed by atoms with Gasteiger partial charge in [0.25, 0.3) is 0 Å². The highest BCUT2D eigenvalue weighted by Crippen LogP contribution is 2.39. The average Bonchev–Trinajstić information content (AvgIpc) is 3.47. The molecule has 0 spiro atoms. The van der Waals surface area contributed by atoms with Crippen molar-refractivity contribution in [2.75, 3.05) is 30.0 Å². The molecule has 13 heteroatoms. The van der Waals surface area contributed by atoms with Gasteiger partial charge in [-0.1, -0.05) is 0 Å². The Morgan fingerprint density at radius 1 is 1.07 bits per heavy atom. The van der Waals surface area contributed by atoms with E-state index in [1.165, 1.54) is 43.2 Å². The van der Waals surface area contributed by atoms with Gasteiger partial charge < -0.3 is 20.7 Å². The molecule has 43 heavy (non-hydrogen) atoms. The lowest BCUT2D eigenvalue weighted by atomic mass is 9.99. The molecule has 1 aromatic heterocycles. The summed E-state index contributed by atoms with van der Waals surface area (Å²) in [6, 6.07) is 11.2. The molecular weight excluding hydrogens is 580 g/mol. The van der Waals surface area contributed by atoms with Crippen molar-refractivity contribution < 1.29 is 31.5 Å². The molecule has 0 radical (unpaired) electrons. The first kappa shape index (κ1) is 29.7. The Hall–Kier alpha value is -4.78. The largest absolute Gasteiger partial charge is 0.453 e. The first-order valence-corrected chi connectivity index (χ1v) is 14.5. The lowest BCUT2D eigenvalue weighted by Gasteiger charge is -2.31. The Labute approximate surface area is 247 Å². The molecule has 4 N–H and O–H groups in total. The normalized spacial score (nSPS) is 15.5. The van der Waals surface area contributed by atoms with E-state index in [1.807, 2.05) is 0 Å². The molecule has 1 aliphatic heterocycles. The monoisotopic (exact) mass is 609 g/mol. The minimum absolute atomic E-state index is 0.0100. The molecule has 1 fully saturated rings. The van der Waals surface area contributed by atoms with Crippen LogP contribution in [0.25, 0.3) is 10.8 Å². The number of aromatic nitrogens is 1. The fourth-order valence-electron chi connectivity index (χ4n) is 5.39. The number of amides is 2. The number of hydrogen-bond acceptors (Lipinski definition) is 8. The van der Waals surface area contributed by atoms with E-state index in [-0.39, 0.29) is 28.3 Å². The van der Waals surface area contributed by atoms with Crippen molar-refractivity contribution in [3.05, 3.63) is 89.1 Å². The molecular formula is C30H29F2N5O5S. The number of likely N-dealkylation sites (tertiary alicyclic amines) is 1. The zero-order chi connectivity index (χ0) is 30.8. The number of nitrogens with two attached hydrogens (primary N) is 1. The van der Waals surface area contributed by atoms with E-state index in [1.54, 1.807) is 30.5 Å². The number of aryl methyl sites for hydroxylation is 1. The van der Waals surface area contributed by atoms with Crippen molar-refractivity contribution in [1.29, 1.82) is 0 Å². The number of thiol groups is 1. The van der Waals surface area contributed by atoms with Crippen LogP contribution < -0.4 is 16.4 Å². The molecule has 1 saturated heterocycles. The number of fused-ring (bicyclic) bond motifs is 1. The number of rotatable bonds is 7. The van der Waals surface area contributed by atoms with Crippen molar-refractivity contribution in [3.63, 3.8) is 0 Å². The summed E-state index contributed by atoms with van der Waals surface area (Å²) in [7, 11) is -1.86. The van der Waals surface area contributed by atoms with Gasteiger partial charge in [0.05, 0.1) is 18.0 Å². The predicted octanol–water partition coefficient (Wildman–Crippen LogP) is 5.07. The molecule has 2 heterocycles. The maximum absolute atomic E-state index is 15.3. The molecule has 4 aromatic rings. The Bertz CT molecular complexity index is 1810. The van der Waals surface area contributed by atoms with Crippen LogP contribution in [0.4, 0.5) is 30.8 Å². The van der Waals surface area contributed by atoms with Crippen LogP contribution >= 0.6 is 0 Å². The highest BCUT2D eigenvalue weighted by Gasteiger charge is 2.37. The van der Waals surface area contributed by atoms with Gasteiger partial charge in [-0.15, -0.1) is 0 Å². The number of nitrogens with zero attached hydrogens (tertiary/aromatic N) is 2. The molecule has 0 unspecified atom stereocenters. The van der Waals surface area contributed by atoms with E-state index in [2.05, 4.69) is 20.4 Å². The molecule has 10 nitrogen and oxygen atoms in total. The molecule has 224 valence electrons. The molecule has 0 saturated carbocycles. The summed E-state index contributed by atoms with van der Waals surface area (Å²) in [5.41, 5.74) is 7.12. The van der Waals surface area contributed by atoms with E-state index in [9.17, 15) is 22.4 Å². The lowest BCUT2D eigenvalue weighted by Crippen LogP contribution is -2.38. The molecule has 2 atom stereocenters. The van der Waals surface area contributed by atoms with Crippen LogP contribution in [0, 0.1) is 18.6 Å².